The second-order valence-corrected chi connectivity index (χ2v) is 4.43. The first-order valence-corrected chi connectivity index (χ1v) is 6.07. The lowest BCUT2D eigenvalue weighted by Crippen LogP contribution is -2.29. The smallest absolute Gasteiger partial charge is 0.328 e. The lowest BCUT2D eigenvalue weighted by molar-refractivity contribution is -0.131. The molecule has 3 N–H and O–H groups in total. The molecule has 1 aliphatic rings. The van der Waals surface area contributed by atoms with E-state index >= 15 is 0 Å². The van der Waals surface area contributed by atoms with Gasteiger partial charge in [0.25, 0.3) is 0 Å². The van der Waals surface area contributed by atoms with Crippen molar-refractivity contribution in [1.29, 1.82) is 0 Å². The van der Waals surface area contributed by atoms with Crippen LogP contribution in [0.25, 0.3) is 0 Å². The first-order chi connectivity index (χ1) is 9.52. The summed E-state index contributed by atoms with van der Waals surface area (Å²) in [5.74, 6) is -1.90. The molecule has 1 saturated carbocycles. The van der Waals surface area contributed by atoms with E-state index in [0.29, 0.717) is 11.7 Å². The third kappa shape index (κ3) is 4.56. The van der Waals surface area contributed by atoms with E-state index in [2.05, 4.69) is 15.7 Å². The SMILES string of the molecule is O=C(O)/C=C/C(=O)Nc1cnn(CC(=O)NC2CC2)c1. The highest BCUT2D eigenvalue weighted by Crippen LogP contribution is 2.18. The van der Waals surface area contributed by atoms with Crippen molar-refractivity contribution in [3.63, 3.8) is 0 Å². The quantitative estimate of drug-likeness (QED) is 0.620. The summed E-state index contributed by atoms with van der Waals surface area (Å²) < 4.78 is 1.40. The summed E-state index contributed by atoms with van der Waals surface area (Å²) in [5, 5.41) is 17.6. The van der Waals surface area contributed by atoms with Gasteiger partial charge in [0.15, 0.2) is 0 Å². The molecule has 1 aromatic rings. The predicted molar refractivity (Wildman–Crippen MR) is 68.8 cm³/mol. The molecule has 20 heavy (non-hydrogen) atoms. The van der Waals surface area contributed by atoms with Gasteiger partial charge in [-0.25, -0.2) is 4.79 Å². The molecule has 2 amide bonds. The van der Waals surface area contributed by atoms with Crippen molar-refractivity contribution in [1.82, 2.24) is 15.1 Å². The van der Waals surface area contributed by atoms with Crippen LogP contribution in [0.5, 0.6) is 0 Å². The number of nitrogens with zero attached hydrogens (tertiary/aromatic N) is 2. The third-order valence-corrected chi connectivity index (χ3v) is 2.53. The number of carboxylic acid groups (broad SMARTS) is 1. The Morgan fingerprint density at radius 1 is 1.40 bits per heavy atom. The molecule has 0 aromatic carbocycles. The Hall–Kier alpha value is -2.64. The number of aromatic nitrogens is 2. The van der Waals surface area contributed by atoms with Gasteiger partial charge >= 0.3 is 5.97 Å². The van der Waals surface area contributed by atoms with E-state index in [0.717, 1.165) is 25.0 Å². The van der Waals surface area contributed by atoms with Crippen LogP contribution in [-0.4, -0.2) is 38.7 Å². The molecule has 8 heteroatoms. The van der Waals surface area contributed by atoms with Crippen LogP contribution in [0.4, 0.5) is 5.69 Å². The van der Waals surface area contributed by atoms with E-state index < -0.39 is 11.9 Å². The molecule has 1 aliphatic carbocycles. The topological polar surface area (TPSA) is 113 Å². The van der Waals surface area contributed by atoms with Crippen molar-refractivity contribution in [3.8, 4) is 0 Å². The van der Waals surface area contributed by atoms with Gasteiger partial charge in [-0.15, -0.1) is 0 Å². The van der Waals surface area contributed by atoms with Crippen molar-refractivity contribution in [2.24, 2.45) is 0 Å². The fourth-order valence-corrected chi connectivity index (χ4v) is 1.49. The van der Waals surface area contributed by atoms with Crippen molar-refractivity contribution >= 4 is 23.5 Å². The maximum atomic E-state index is 11.5. The number of anilines is 1. The molecular weight excluding hydrogens is 264 g/mol. The van der Waals surface area contributed by atoms with Crippen molar-refractivity contribution in [2.75, 3.05) is 5.32 Å². The normalized spacial score (nSPS) is 14.2. The monoisotopic (exact) mass is 278 g/mol. The first-order valence-electron chi connectivity index (χ1n) is 6.07. The van der Waals surface area contributed by atoms with Crippen LogP contribution in [0.2, 0.25) is 0 Å². The lowest BCUT2D eigenvalue weighted by atomic mass is 10.4. The van der Waals surface area contributed by atoms with E-state index in [1.54, 1.807) is 0 Å². The van der Waals surface area contributed by atoms with Crippen molar-refractivity contribution < 1.29 is 19.5 Å². The summed E-state index contributed by atoms with van der Waals surface area (Å²) in [6.45, 7) is 0.0807. The van der Waals surface area contributed by atoms with Gasteiger partial charge in [-0.1, -0.05) is 0 Å². The Kier molecular flexibility index (Phi) is 4.14. The van der Waals surface area contributed by atoms with Crippen LogP contribution in [0, 0.1) is 0 Å². The highest BCUT2D eigenvalue weighted by molar-refractivity contribution is 6.02. The number of hydrogen-bond donors (Lipinski definition) is 3. The predicted octanol–water partition coefficient (Wildman–Crippen LogP) is -0.259. The molecule has 1 heterocycles. The number of aliphatic carboxylic acids is 1. The van der Waals surface area contributed by atoms with Crippen LogP contribution in [0.3, 0.4) is 0 Å². The molecule has 106 valence electrons. The van der Waals surface area contributed by atoms with Gasteiger partial charge in [-0.05, 0) is 12.8 Å². The fraction of sp³-hybridized carbons (Fsp3) is 0.333. The number of carboxylic acids is 1. The first kappa shape index (κ1) is 13.8. The maximum Gasteiger partial charge on any atom is 0.328 e. The highest BCUT2D eigenvalue weighted by Gasteiger charge is 2.23. The molecule has 8 nitrogen and oxygen atoms in total. The third-order valence-electron chi connectivity index (χ3n) is 2.53. The average molecular weight is 278 g/mol. The molecule has 0 radical (unpaired) electrons. The second kappa shape index (κ2) is 6.00. The van der Waals surface area contributed by atoms with E-state index in [-0.39, 0.29) is 12.5 Å². The zero-order valence-electron chi connectivity index (χ0n) is 10.6. The van der Waals surface area contributed by atoms with Crippen molar-refractivity contribution in [3.05, 3.63) is 24.5 Å². The largest absolute Gasteiger partial charge is 0.478 e. The van der Waals surface area contributed by atoms with Crippen LogP contribution >= 0.6 is 0 Å². The van der Waals surface area contributed by atoms with Gasteiger partial charge in [-0.3, -0.25) is 14.3 Å². The minimum absolute atomic E-state index is 0.0807. The van der Waals surface area contributed by atoms with Gasteiger partial charge in [-0.2, -0.15) is 5.10 Å². The van der Waals surface area contributed by atoms with Gasteiger partial charge in [0.2, 0.25) is 11.8 Å². The molecule has 2 rings (SSSR count). The highest BCUT2D eigenvalue weighted by atomic mass is 16.4. The van der Waals surface area contributed by atoms with Crippen LogP contribution < -0.4 is 10.6 Å². The molecule has 0 unspecified atom stereocenters. The molecule has 0 bridgehead atoms. The lowest BCUT2D eigenvalue weighted by Gasteiger charge is -2.02. The molecule has 1 fully saturated rings. The number of hydrogen-bond acceptors (Lipinski definition) is 4. The number of carbonyl (C=O) groups is 3. The van der Waals surface area contributed by atoms with Crippen LogP contribution in [-0.2, 0) is 20.9 Å². The molecule has 0 saturated heterocycles. The Morgan fingerprint density at radius 2 is 2.15 bits per heavy atom. The summed E-state index contributed by atoms with van der Waals surface area (Å²) in [6, 6.07) is 0.290. The summed E-state index contributed by atoms with van der Waals surface area (Å²) in [5.41, 5.74) is 0.393. The Balaban J connectivity index is 1.83. The number of nitrogens with one attached hydrogen (secondary N) is 2. The average Bonchev–Trinajstić information content (AvgIpc) is 3.07. The summed E-state index contributed by atoms with van der Waals surface area (Å²) in [4.78, 5) is 33.1. The minimum atomic E-state index is -1.20. The van der Waals surface area contributed by atoms with Crippen LogP contribution in [0.1, 0.15) is 12.8 Å². The summed E-state index contributed by atoms with van der Waals surface area (Å²) in [7, 11) is 0. The van der Waals surface area contributed by atoms with E-state index in [1.807, 2.05) is 0 Å². The molecule has 0 atom stereocenters. The molecule has 0 aliphatic heterocycles. The van der Waals surface area contributed by atoms with E-state index in [4.69, 9.17) is 5.11 Å². The number of carbonyl (C=O) groups excluding carboxylic acids is 2. The van der Waals surface area contributed by atoms with Gasteiger partial charge in [0, 0.05) is 24.4 Å². The zero-order valence-corrected chi connectivity index (χ0v) is 10.6. The number of rotatable bonds is 6. The van der Waals surface area contributed by atoms with Gasteiger partial charge < -0.3 is 15.7 Å². The fourth-order valence-electron chi connectivity index (χ4n) is 1.49. The van der Waals surface area contributed by atoms with E-state index in [1.165, 1.54) is 17.1 Å². The zero-order chi connectivity index (χ0) is 14.5. The Bertz CT molecular complexity index is 560. The molecular formula is C12H14N4O4. The number of amides is 2. The maximum absolute atomic E-state index is 11.5. The van der Waals surface area contributed by atoms with Crippen molar-refractivity contribution in [2.45, 2.75) is 25.4 Å². The van der Waals surface area contributed by atoms with E-state index in [9.17, 15) is 14.4 Å². The summed E-state index contributed by atoms with van der Waals surface area (Å²) in [6.07, 6.45) is 6.56. The van der Waals surface area contributed by atoms with Gasteiger partial charge in [0.1, 0.15) is 6.54 Å². The Morgan fingerprint density at radius 3 is 2.80 bits per heavy atom. The van der Waals surface area contributed by atoms with Gasteiger partial charge in [0.05, 0.1) is 11.9 Å². The molecule has 1 aromatic heterocycles. The Labute approximate surface area is 114 Å². The minimum Gasteiger partial charge on any atom is -0.478 e. The van der Waals surface area contributed by atoms with Crippen LogP contribution in [0.15, 0.2) is 24.5 Å². The summed E-state index contributed by atoms with van der Waals surface area (Å²) >= 11 is 0. The second-order valence-electron chi connectivity index (χ2n) is 4.43. The standard InChI is InChI=1S/C12H14N4O4/c17-10(3-4-12(19)20)15-9-5-13-16(6-9)7-11(18)14-8-1-2-8/h3-6,8H,1-2,7H2,(H,14,18)(H,15,17)(H,19,20)/b4-3+. The molecule has 0 spiro atoms.